The first-order valence-corrected chi connectivity index (χ1v) is 20.2. The average Bonchev–Trinajstić information content (AvgIpc) is 3.77. The van der Waals surface area contributed by atoms with Crippen LogP contribution < -0.4 is 25.4 Å². The maximum absolute atomic E-state index is 14.3. The van der Waals surface area contributed by atoms with E-state index in [0.29, 0.717) is 68.2 Å². The van der Waals surface area contributed by atoms with E-state index in [0.717, 1.165) is 68.9 Å². The van der Waals surface area contributed by atoms with Crippen molar-refractivity contribution >= 4 is 17.4 Å². The van der Waals surface area contributed by atoms with Gasteiger partial charge >= 0.3 is 0 Å². The normalized spacial score (nSPS) is 27.4. The number of aryl methyl sites for hydroxylation is 1. The van der Waals surface area contributed by atoms with Gasteiger partial charge in [-0.1, -0.05) is 43.7 Å². The first-order chi connectivity index (χ1) is 26.7. The van der Waals surface area contributed by atoms with E-state index in [-0.39, 0.29) is 35.2 Å². The Morgan fingerprint density at radius 2 is 1.89 bits per heavy atom. The molecule has 11 nitrogen and oxygen atoms in total. The molecular formula is C44H60N4O7. The Bertz CT molecular complexity index is 1760. The summed E-state index contributed by atoms with van der Waals surface area (Å²) < 4.78 is 18.3. The van der Waals surface area contributed by atoms with Gasteiger partial charge in [-0.2, -0.15) is 0 Å². The minimum absolute atomic E-state index is 0.0207. The number of methoxy groups -OCH3 is 1. The molecule has 6 rings (SSSR count). The van der Waals surface area contributed by atoms with Crippen LogP contribution in [0.15, 0.2) is 47.5 Å². The maximum Gasteiger partial charge on any atom is 0.207 e. The Kier molecular flexibility index (Phi) is 13.7. The molecule has 2 aromatic carbocycles. The topological polar surface area (TPSA) is 154 Å². The van der Waals surface area contributed by atoms with Crippen molar-refractivity contribution in [3.63, 3.8) is 0 Å². The number of phenols is 2. The second-order valence-electron chi connectivity index (χ2n) is 16.1. The highest BCUT2D eigenvalue weighted by molar-refractivity contribution is 5.97. The number of carbonyl (C=O) groups is 1. The first-order valence-electron chi connectivity index (χ1n) is 20.2. The zero-order valence-corrected chi connectivity index (χ0v) is 32.8. The van der Waals surface area contributed by atoms with Crippen molar-refractivity contribution in [2.24, 2.45) is 22.2 Å². The summed E-state index contributed by atoms with van der Waals surface area (Å²) in [5, 5.41) is 42.4. The van der Waals surface area contributed by atoms with Crippen LogP contribution in [0.1, 0.15) is 101 Å². The van der Waals surface area contributed by atoms with Crippen molar-refractivity contribution in [2.45, 2.75) is 121 Å². The Hall–Kier alpha value is -4.24. The number of hydrogen-bond donors (Lipinski definition) is 6. The van der Waals surface area contributed by atoms with Crippen LogP contribution in [-0.2, 0) is 22.4 Å². The molecule has 0 saturated heterocycles. The van der Waals surface area contributed by atoms with Gasteiger partial charge in [0.05, 0.1) is 18.9 Å². The van der Waals surface area contributed by atoms with Crippen LogP contribution in [-0.4, -0.2) is 72.8 Å². The number of ether oxygens (including phenoxy) is 3. The lowest BCUT2D eigenvalue weighted by atomic mass is 9.69. The summed E-state index contributed by atoms with van der Waals surface area (Å²) in [6, 6.07) is 12.1. The number of aliphatic hydroxyl groups is 1. The molecule has 55 heavy (non-hydrogen) atoms. The Balaban J connectivity index is 1.23. The molecule has 3 saturated carbocycles. The highest BCUT2D eigenvalue weighted by atomic mass is 16.6. The SMILES string of the molecule is CN=C1NC#CCC2CCCC2(Cc2ccc(O)c(OC)c2)C(=O)C=CCCc2cc(c(O)c(OC3(CNC)CCC(CC(O)OC4CCCCC4)C3)c2)N1. The Morgan fingerprint density at radius 1 is 1.05 bits per heavy atom. The van der Waals surface area contributed by atoms with Crippen LogP contribution >= 0.6 is 0 Å². The number of rotatable bonds is 11. The molecule has 0 radical (unpaired) electrons. The highest BCUT2D eigenvalue weighted by Gasteiger charge is 2.47. The molecule has 4 aliphatic rings. The minimum Gasteiger partial charge on any atom is -0.504 e. The average molecular weight is 757 g/mol. The number of aromatic hydroxyl groups is 2. The predicted molar refractivity (Wildman–Crippen MR) is 214 cm³/mol. The first kappa shape index (κ1) is 40.4. The van der Waals surface area contributed by atoms with Crippen LogP contribution in [0.3, 0.4) is 0 Å². The number of carbonyl (C=O) groups excluding carboxylic acids is 1. The molecular weight excluding hydrogens is 697 g/mol. The van der Waals surface area contributed by atoms with E-state index in [1.165, 1.54) is 13.5 Å². The third-order valence-corrected chi connectivity index (χ3v) is 12.2. The summed E-state index contributed by atoms with van der Waals surface area (Å²) in [5.74, 6) is 4.81. The van der Waals surface area contributed by atoms with E-state index in [2.05, 4.69) is 32.9 Å². The highest BCUT2D eigenvalue weighted by Crippen LogP contribution is 2.49. The summed E-state index contributed by atoms with van der Waals surface area (Å²) in [6.45, 7) is 0.582. The van der Waals surface area contributed by atoms with Crippen molar-refractivity contribution in [1.29, 1.82) is 0 Å². The Morgan fingerprint density at radius 3 is 2.67 bits per heavy atom. The summed E-state index contributed by atoms with van der Waals surface area (Å²) >= 11 is 0. The second-order valence-corrected chi connectivity index (χ2v) is 16.1. The van der Waals surface area contributed by atoms with Gasteiger partial charge in [-0.05, 0) is 125 Å². The van der Waals surface area contributed by atoms with Gasteiger partial charge in [0.2, 0.25) is 5.96 Å². The number of nitrogens with zero attached hydrogens (tertiary/aromatic N) is 1. The number of phenolic OH excluding ortho intramolecular Hbond substituents is 2. The number of fused-ring (bicyclic) bond motifs is 3. The van der Waals surface area contributed by atoms with Gasteiger partial charge in [0.15, 0.2) is 35.1 Å². The van der Waals surface area contributed by atoms with E-state index in [1.807, 2.05) is 37.4 Å². The number of aliphatic imine (C=N–C) groups is 1. The zero-order valence-electron chi connectivity index (χ0n) is 32.8. The fourth-order valence-electron chi connectivity index (χ4n) is 9.43. The summed E-state index contributed by atoms with van der Waals surface area (Å²) in [7, 11) is 5.08. The molecule has 0 amide bonds. The number of benzene rings is 2. The second kappa shape index (κ2) is 18.6. The van der Waals surface area contributed by atoms with Crippen LogP contribution in [0.2, 0.25) is 0 Å². The van der Waals surface area contributed by atoms with Gasteiger partial charge < -0.3 is 40.2 Å². The summed E-state index contributed by atoms with van der Waals surface area (Å²) in [5.41, 5.74) is 1.09. The van der Waals surface area contributed by atoms with Crippen LogP contribution in [0, 0.1) is 29.2 Å². The molecule has 6 N–H and O–H groups in total. The van der Waals surface area contributed by atoms with Gasteiger partial charge in [-0.3, -0.25) is 15.1 Å². The number of anilines is 1. The molecule has 5 atom stereocenters. The van der Waals surface area contributed by atoms with E-state index in [4.69, 9.17) is 14.2 Å². The van der Waals surface area contributed by atoms with Gasteiger partial charge in [-0.15, -0.1) is 0 Å². The van der Waals surface area contributed by atoms with Crippen molar-refractivity contribution < 1.29 is 34.3 Å². The molecule has 3 fully saturated rings. The van der Waals surface area contributed by atoms with E-state index in [9.17, 15) is 20.1 Å². The number of nitrogens with one attached hydrogen (secondary N) is 3. The van der Waals surface area contributed by atoms with Gasteiger partial charge in [0.1, 0.15) is 5.60 Å². The lowest BCUT2D eigenvalue weighted by Gasteiger charge is -2.33. The Labute approximate surface area is 326 Å². The quantitative estimate of drug-likeness (QED) is 0.0826. The molecule has 0 spiro atoms. The van der Waals surface area contributed by atoms with E-state index < -0.39 is 17.3 Å². The van der Waals surface area contributed by atoms with Gasteiger partial charge in [-0.25, -0.2) is 0 Å². The minimum atomic E-state index is -0.792. The standard InChI is InChI=1S/C44H60N4O7/c1-45-29-43(21-19-32(27-43)26-40(51)54-34-14-5-4-6-15-34)55-38-24-30-11-7-8-16-39(50)44(28-31-17-18-36(49)37(25-31)53-3)20-9-12-33(44)13-10-22-47-42(46-2)48-35(23-30)41(38)52/h8,16-18,23-25,32-34,40,45,49,51-52H,4-7,9,11-15,19-21,26-29H2,1-3H3,(H2,46,47,48). The van der Waals surface area contributed by atoms with Crippen LogP contribution in [0.5, 0.6) is 23.0 Å². The largest absolute Gasteiger partial charge is 0.504 e. The van der Waals surface area contributed by atoms with Crippen molar-refractivity contribution in [1.82, 2.24) is 10.6 Å². The van der Waals surface area contributed by atoms with Gasteiger partial charge in [0, 0.05) is 37.9 Å². The number of allylic oxidation sites excluding steroid dienone is 2. The molecule has 11 heteroatoms. The maximum atomic E-state index is 14.3. The van der Waals surface area contributed by atoms with Crippen molar-refractivity contribution in [2.75, 3.05) is 33.1 Å². The molecule has 1 aliphatic heterocycles. The van der Waals surface area contributed by atoms with Crippen LogP contribution in [0.25, 0.3) is 0 Å². The van der Waals surface area contributed by atoms with Gasteiger partial charge in [0.25, 0.3) is 0 Å². The number of aliphatic hydroxyl groups excluding tert-OH is 1. The summed E-state index contributed by atoms with van der Waals surface area (Å²) in [6.07, 6.45) is 16.4. The molecule has 0 aromatic heterocycles. The van der Waals surface area contributed by atoms with Crippen molar-refractivity contribution in [3.8, 4) is 35.0 Å². The lowest BCUT2D eigenvalue weighted by molar-refractivity contribution is -0.152. The number of likely N-dealkylation sites (N-methyl/N-ethyl adjacent to an activating group) is 1. The fourth-order valence-corrected chi connectivity index (χ4v) is 9.43. The molecule has 3 aliphatic carbocycles. The third kappa shape index (κ3) is 9.96. The summed E-state index contributed by atoms with van der Waals surface area (Å²) in [4.78, 5) is 18.6. The monoisotopic (exact) mass is 756 g/mol. The smallest absolute Gasteiger partial charge is 0.207 e. The molecule has 2 aromatic rings. The zero-order chi connectivity index (χ0) is 38.8. The fraction of sp³-hybridized carbons (Fsp3) is 0.591. The van der Waals surface area contributed by atoms with E-state index in [1.54, 1.807) is 19.2 Å². The van der Waals surface area contributed by atoms with E-state index >= 15 is 0 Å². The lowest BCUT2D eigenvalue weighted by Crippen LogP contribution is -2.43. The van der Waals surface area contributed by atoms with Crippen molar-refractivity contribution in [3.05, 3.63) is 53.6 Å². The number of hydrogen-bond acceptors (Lipinski definition) is 9. The molecule has 1 heterocycles. The van der Waals surface area contributed by atoms with Crippen LogP contribution in [0.4, 0.5) is 5.69 Å². The molecule has 298 valence electrons. The predicted octanol–water partition coefficient (Wildman–Crippen LogP) is 6.74. The number of ketones is 1. The third-order valence-electron chi connectivity index (χ3n) is 12.2. The molecule has 2 bridgehead atoms. The molecule has 5 unspecified atom stereocenters. The number of guanidine groups is 1.